The van der Waals surface area contributed by atoms with Gasteiger partial charge in [-0.05, 0) is 129 Å². The first-order valence-electron chi connectivity index (χ1n) is 14.4. The van der Waals surface area contributed by atoms with Gasteiger partial charge in [-0.3, -0.25) is 0 Å². The molecular weight excluding hydrogens is 420 g/mol. The third-order valence-corrected chi connectivity index (χ3v) is 16.9. The van der Waals surface area contributed by atoms with Crippen molar-refractivity contribution in [2.75, 3.05) is 0 Å². The fourth-order valence-corrected chi connectivity index (χ4v) is 10.8. The molecule has 0 aromatic rings. The Bertz CT molecular complexity index is 711. The fraction of sp³-hybridized carbons (Fsp3) is 0.967. The quantitative estimate of drug-likeness (QED) is 0.284. The van der Waals surface area contributed by atoms with Gasteiger partial charge in [-0.25, -0.2) is 0 Å². The molecule has 4 fully saturated rings. The molecule has 4 saturated carbocycles. The molecule has 0 aliphatic heterocycles. The van der Waals surface area contributed by atoms with Crippen molar-refractivity contribution >= 4 is 14.6 Å². The maximum absolute atomic E-state index is 11.0. The SMILES string of the molecule is C[C@H](CCC=O)[C@H]1CC[C@H]2[C@@H]3CC[C@@H]4C[C@H](O[Si](C)(C)C(C)(C)C)CC[C@]4(C)[C@H]3CC[C@]12C. The first-order valence-corrected chi connectivity index (χ1v) is 17.4. The summed E-state index contributed by atoms with van der Waals surface area (Å²) in [4.78, 5) is 11.0. The van der Waals surface area contributed by atoms with Crippen LogP contribution in [0.15, 0.2) is 0 Å². The highest BCUT2D eigenvalue weighted by Gasteiger charge is 2.60. The molecule has 2 nitrogen and oxygen atoms in total. The third-order valence-electron chi connectivity index (χ3n) is 12.4. The molecule has 3 heteroatoms. The van der Waals surface area contributed by atoms with Gasteiger partial charge in [-0.15, -0.1) is 0 Å². The van der Waals surface area contributed by atoms with Crippen molar-refractivity contribution in [1.82, 2.24) is 0 Å². The maximum atomic E-state index is 11.0. The largest absolute Gasteiger partial charge is 0.414 e. The first kappa shape index (κ1) is 25.9. The summed E-state index contributed by atoms with van der Waals surface area (Å²) >= 11 is 0. The standard InChI is InChI=1S/C30H54O2Si/c1-21(10-9-19-31)25-13-14-26-24-12-11-22-20-23(32-33(7,8)28(2,3)4)15-17-29(22,5)27(24)16-18-30(25,26)6/h19,21-27H,9-18,20H2,1-8H3/t21-,22-,23-,24+,25-,26+,27+,29+,30-/m1/s1. The molecular formula is C30H54O2Si. The summed E-state index contributed by atoms with van der Waals surface area (Å²) in [5, 5.41) is 0.307. The van der Waals surface area contributed by atoms with Crippen LogP contribution >= 0.6 is 0 Å². The Morgan fingerprint density at radius 1 is 0.970 bits per heavy atom. The van der Waals surface area contributed by atoms with E-state index in [0.29, 0.717) is 27.9 Å². The number of rotatable bonds is 6. The Balaban J connectivity index is 1.45. The smallest absolute Gasteiger partial charge is 0.192 e. The minimum absolute atomic E-state index is 0.307. The van der Waals surface area contributed by atoms with Gasteiger partial charge in [-0.2, -0.15) is 0 Å². The molecule has 33 heavy (non-hydrogen) atoms. The van der Waals surface area contributed by atoms with E-state index in [2.05, 4.69) is 54.6 Å². The second kappa shape index (κ2) is 9.06. The average molecular weight is 475 g/mol. The molecule has 4 aliphatic rings. The highest BCUT2D eigenvalue weighted by atomic mass is 28.4. The zero-order valence-electron chi connectivity index (χ0n) is 23.2. The number of carbonyl (C=O) groups excluding carboxylic acids is 1. The van der Waals surface area contributed by atoms with E-state index in [9.17, 15) is 4.79 Å². The van der Waals surface area contributed by atoms with Gasteiger partial charge in [0.05, 0.1) is 0 Å². The lowest BCUT2D eigenvalue weighted by Crippen LogP contribution is -2.55. The van der Waals surface area contributed by atoms with Crippen LogP contribution in [0.1, 0.15) is 112 Å². The van der Waals surface area contributed by atoms with Crippen molar-refractivity contribution in [2.45, 2.75) is 136 Å². The highest BCUT2D eigenvalue weighted by Crippen LogP contribution is 2.68. The summed E-state index contributed by atoms with van der Waals surface area (Å²) in [6.07, 6.45) is 16.1. The summed E-state index contributed by atoms with van der Waals surface area (Å²) in [5.74, 6) is 5.23. The topological polar surface area (TPSA) is 26.3 Å². The summed E-state index contributed by atoms with van der Waals surface area (Å²) in [5.41, 5.74) is 1.06. The van der Waals surface area contributed by atoms with Crippen LogP contribution in [-0.4, -0.2) is 20.7 Å². The maximum Gasteiger partial charge on any atom is 0.192 e. The molecule has 0 saturated heterocycles. The summed E-state index contributed by atoms with van der Waals surface area (Å²) < 4.78 is 6.95. The van der Waals surface area contributed by atoms with Crippen LogP contribution in [0, 0.1) is 46.3 Å². The van der Waals surface area contributed by atoms with E-state index in [-0.39, 0.29) is 0 Å². The molecule has 0 radical (unpaired) electrons. The predicted octanol–water partition coefficient (Wildman–Crippen LogP) is 8.65. The lowest BCUT2D eigenvalue weighted by molar-refractivity contribution is -0.128. The van der Waals surface area contributed by atoms with Gasteiger partial charge in [0.15, 0.2) is 8.32 Å². The molecule has 190 valence electrons. The van der Waals surface area contributed by atoms with Crippen LogP contribution in [0.5, 0.6) is 0 Å². The number of carbonyl (C=O) groups is 1. The Labute approximate surface area is 206 Å². The summed E-state index contributed by atoms with van der Waals surface area (Å²) in [7, 11) is -1.69. The van der Waals surface area contributed by atoms with Crippen molar-refractivity contribution in [3.63, 3.8) is 0 Å². The molecule has 0 heterocycles. The molecule has 4 rings (SSSR count). The Kier molecular flexibility index (Phi) is 7.11. The van der Waals surface area contributed by atoms with Crippen molar-refractivity contribution < 1.29 is 9.22 Å². The lowest BCUT2D eigenvalue weighted by Gasteiger charge is -2.61. The van der Waals surface area contributed by atoms with Gasteiger partial charge < -0.3 is 9.22 Å². The number of fused-ring (bicyclic) bond motifs is 5. The second-order valence-corrected chi connectivity index (χ2v) is 19.6. The predicted molar refractivity (Wildman–Crippen MR) is 142 cm³/mol. The molecule has 0 aromatic carbocycles. The number of hydrogen-bond acceptors (Lipinski definition) is 2. The Morgan fingerprint density at radius 2 is 1.64 bits per heavy atom. The van der Waals surface area contributed by atoms with Crippen LogP contribution in [0.4, 0.5) is 0 Å². The molecule has 0 amide bonds. The van der Waals surface area contributed by atoms with E-state index in [1.807, 2.05) is 0 Å². The third kappa shape index (κ3) is 4.45. The van der Waals surface area contributed by atoms with E-state index < -0.39 is 8.32 Å². The van der Waals surface area contributed by atoms with Crippen molar-refractivity contribution in [1.29, 1.82) is 0 Å². The molecule has 0 N–H and O–H groups in total. The Hall–Kier alpha value is -0.153. The average Bonchev–Trinajstić information content (AvgIpc) is 3.08. The zero-order chi connectivity index (χ0) is 24.2. The highest BCUT2D eigenvalue weighted by molar-refractivity contribution is 6.74. The van der Waals surface area contributed by atoms with Gasteiger partial charge in [0.2, 0.25) is 0 Å². The van der Waals surface area contributed by atoms with Crippen LogP contribution in [0.25, 0.3) is 0 Å². The summed E-state index contributed by atoms with van der Waals surface area (Å²) in [6.45, 7) is 19.8. The minimum Gasteiger partial charge on any atom is -0.414 e. The summed E-state index contributed by atoms with van der Waals surface area (Å²) in [6, 6.07) is 0. The van der Waals surface area contributed by atoms with Gasteiger partial charge in [-0.1, -0.05) is 41.5 Å². The van der Waals surface area contributed by atoms with Crippen LogP contribution in [-0.2, 0) is 9.22 Å². The molecule has 0 spiro atoms. The molecule has 4 aliphatic carbocycles. The van der Waals surface area contributed by atoms with E-state index in [1.54, 1.807) is 0 Å². The number of aldehydes is 1. The van der Waals surface area contributed by atoms with E-state index in [0.717, 1.165) is 48.7 Å². The van der Waals surface area contributed by atoms with Gasteiger partial charge >= 0.3 is 0 Å². The monoisotopic (exact) mass is 474 g/mol. The minimum atomic E-state index is -1.69. The van der Waals surface area contributed by atoms with E-state index >= 15 is 0 Å². The Morgan fingerprint density at radius 3 is 2.30 bits per heavy atom. The molecule has 0 unspecified atom stereocenters. The molecule has 0 bridgehead atoms. The van der Waals surface area contributed by atoms with Gasteiger partial charge in [0, 0.05) is 12.5 Å². The molecule has 9 atom stereocenters. The fourth-order valence-electron chi connectivity index (χ4n) is 9.43. The number of hydrogen-bond donors (Lipinski definition) is 0. The van der Waals surface area contributed by atoms with Crippen LogP contribution in [0.2, 0.25) is 18.1 Å². The lowest BCUT2D eigenvalue weighted by atomic mass is 9.44. The normalized spacial score (nSPS) is 44.5. The van der Waals surface area contributed by atoms with E-state index in [1.165, 1.54) is 57.8 Å². The zero-order valence-corrected chi connectivity index (χ0v) is 24.2. The second-order valence-electron chi connectivity index (χ2n) is 14.9. The van der Waals surface area contributed by atoms with E-state index in [4.69, 9.17) is 4.43 Å². The van der Waals surface area contributed by atoms with Gasteiger partial charge in [0.25, 0.3) is 0 Å². The van der Waals surface area contributed by atoms with Crippen LogP contribution < -0.4 is 0 Å². The first-order chi connectivity index (χ1) is 15.3. The van der Waals surface area contributed by atoms with Crippen molar-refractivity contribution in [2.24, 2.45) is 46.3 Å². The van der Waals surface area contributed by atoms with Crippen molar-refractivity contribution in [3.8, 4) is 0 Å². The van der Waals surface area contributed by atoms with Gasteiger partial charge in [0.1, 0.15) is 6.29 Å². The molecule has 0 aromatic heterocycles. The van der Waals surface area contributed by atoms with Crippen LogP contribution in [0.3, 0.4) is 0 Å². The van der Waals surface area contributed by atoms with Crippen molar-refractivity contribution in [3.05, 3.63) is 0 Å².